The monoisotopic (exact) mass is 373 g/mol. The zero-order valence-electron chi connectivity index (χ0n) is 14.1. The molecule has 2 rings (SSSR count). The summed E-state index contributed by atoms with van der Waals surface area (Å²) >= 11 is 12.1. The summed E-state index contributed by atoms with van der Waals surface area (Å²) in [4.78, 5) is 16.3. The maximum Gasteiger partial charge on any atom is 0.317 e. The number of carbonyl (C=O) groups excluding carboxylic acids is 1. The highest BCUT2D eigenvalue weighted by atomic mass is 35.5. The van der Waals surface area contributed by atoms with Gasteiger partial charge in [0.25, 0.3) is 0 Å². The highest BCUT2D eigenvalue weighted by molar-refractivity contribution is 6.35. The van der Waals surface area contributed by atoms with Gasteiger partial charge in [-0.15, -0.1) is 0 Å². The fourth-order valence-corrected chi connectivity index (χ4v) is 3.20. The molecule has 0 unspecified atom stereocenters. The number of benzene rings is 1. The molecule has 1 heterocycles. The number of hydrogen-bond acceptors (Lipinski definition) is 3. The molecule has 1 aliphatic rings. The fraction of sp³-hybridized carbons (Fsp3) is 0.588. The second-order valence-electron chi connectivity index (χ2n) is 5.89. The molecule has 0 aromatic heterocycles. The van der Waals surface area contributed by atoms with E-state index in [4.69, 9.17) is 27.9 Å². The molecule has 0 saturated carbocycles. The van der Waals surface area contributed by atoms with E-state index in [2.05, 4.69) is 10.2 Å². The standard InChI is InChI=1S/C17H25Cl2N3O2/c1-24-12-2-6-20-17(23)22-10-8-21(9-11-22)7-5-14-3-4-15(18)13-16(14)19/h3-4,13H,2,5-12H2,1H3,(H,20,23). The van der Waals surface area contributed by atoms with Gasteiger partial charge in [0.1, 0.15) is 0 Å². The summed E-state index contributed by atoms with van der Waals surface area (Å²) in [7, 11) is 1.66. The Labute approximate surface area is 153 Å². The summed E-state index contributed by atoms with van der Waals surface area (Å²) in [5.41, 5.74) is 1.11. The number of amides is 2. The molecular weight excluding hydrogens is 349 g/mol. The van der Waals surface area contributed by atoms with Crippen LogP contribution in [-0.2, 0) is 11.2 Å². The zero-order chi connectivity index (χ0) is 17.4. The van der Waals surface area contributed by atoms with Crippen LogP contribution in [0.2, 0.25) is 10.0 Å². The molecule has 24 heavy (non-hydrogen) atoms. The highest BCUT2D eigenvalue weighted by Gasteiger charge is 2.20. The van der Waals surface area contributed by atoms with Crippen LogP contribution < -0.4 is 5.32 Å². The van der Waals surface area contributed by atoms with Gasteiger partial charge in [0.15, 0.2) is 0 Å². The van der Waals surface area contributed by atoms with Gasteiger partial charge in [-0.05, 0) is 30.5 Å². The number of ether oxygens (including phenoxy) is 1. The molecule has 0 aliphatic carbocycles. The first-order chi connectivity index (χ1) is 11.6. The number of urea groups is 1. The Bertz CT molecular complexity index is 535. The minimum absolute atomic E-state index is 0.0199. The van der Waals surface area contributed by atoms with E-state index in [1.165, 1.54) is 0 Å². The Hall–Kier alpha value is -1.01. The molecule has 7 heteroatoms. The van der Waals surface area contributed by atoms with Crippen LogP contribution in [0.25, 0.3) is 0 Å². The van der Waals surface area contributed by atoms with Crippen molar-refractivity contribution in [2.75, 3.05) is 53.0 Å². The lowest BCUT2D eigenvalue weighted by molar-refractivity contribution is 0.139. The van der Waals surface area contributed by atoms with E-state index in [0.29, 0.717) is 18.2 Å². The van der Waals surface area contributed by atoms with Crippen LogP contribution in [0.1, 0.15) is 12.0 Å². The molecule has 134 valence electrons. The smallest absolute Gasteiger partial charge is 0.317 e. The molecular formula is C17H25Cl2N3O2. The van der Waals surface area contributed by atoms with Crippen LogP contribution in [0.5, 0.6) is 0 Å². The molecule has 1 aromatic carbocycles. The molecule has 0 spiro atoms. The molecule has 0 radical (unpaired) electrons. The molecule has 5 nitrogen and oxygen atoms in total. The summed E-state index contributed by atoms with van der Waals surface area (Å²) in [5.74, 6) is 0. The number of carbonyl (C=O) groups is 1. The van der Waals surface area contributed by atoms with E-state index in [-0.39, 0.29) is 6.03 Å². The van der Waals surface area contributed by atoms with Crippen molar-refractivity contribution in [3.8, 4) is 0 Å². The number of halogens is 2. The fourth-order valence-electron chi connectivity index (χ4n) is 2.70. The van der Waals surface area contributed by atoms with E-state index in [1.807, 2.05) is 17.0 Å². The van der Waals surface area contributed by atoms with Gasteiger partial charge in [0, 0.05) is 63.0 Å². The molecule has 1 saturated heterocycles. The van der Waals surface area contributed by atoms with Crippen molar-refractivity contribution in [1.82, 2.24) is 15.1 Å². The lowest BCUT2D eigenvalue weighted by atomic mass is 10.1. The topological polar surface area (TPSA) is 44.8 Å². The van der Waals surface area contributed by atoms with Crippen molar-refractivity contribution < 1.29 is 9.53 Å². The van der Waals surface area contributed by atoms with Gasteiger partial charge in [-0.1, -0.05) is 29.3 Å². The van der Waals surface area contributed by atoms with Crippen molar-refractivity contribution >= 4 is 29.2 Å². The lowest BCUT2D eigenvalue weighted by Crippen LogP contribution is -2.52. The zero-order valence-corrected chi connectivity index (χ0v) is 15.6. The van der Waals surface area contributed by atoms with Crippen LogP contribution in [0.3, 0.4) is 0 Å². The van der Waals surface area contributed by atoms with Crippen molar-refractivity contribution in [3.05, 3.63) is 33.8 Å². The molecule has 2 amide bonds. The molecule has 0 bridgehead atoms. The van der Waals surface area contributed by atoms with E-state index < -0.39 is 0 Å². The third-order valence-electron chi connectivity index (χ3n) is 4.17. The molecule has 1 fully saturated rings. The molecule has 1 aliphatic heterocycles. The second kappa shape index (κ2) is 10.1. The van der Waals surface area contributed by atoms with Gasteiger partial charge in [0.05, 0.1) is 0 Å². The van der Waals surface area contributed by atoms with E-state index in [9.17, 15) is 4.79 Å². The van der Waals surface area contributed by atoms with Gasteiger partial charge < -0.3 is 15.0 Å². The summed E-state index contributed by atoms with van der Waals surface area (Å²) in [6.07, 6.45) is 1.73. The normalized spacial score (nSPS) is 15.5. The lowest BCUT2D eigenvalue weighted by Gasteiger charge is -2.34. The van der Waals surface area contributed by atoms with E-state index in [0.717, 1.165) is 56.2 Å². The number of nitrogens with zero attached hydrogens (tertiary/aromatic N) is 2. The van der Waals surface area contributed by atoms with E-state index >= 15 is 0 Å². The predicted octanol–water partition coefficient (Wildman–Crippen LogP) is 2.90. The average molecular weight is 374 g/mol. The van der Waals surface area contributed by atoms with Crippen molar-refractivity contribution in [3.63, 3.8) is 0 Å². The average Bonchev–Trinajstić information content (AvgIpc) is 2.58. The van der Waals surface area contributed by atoms with Gasteiger partial charge in [-0.2, -0.15) is 0 Å². The van der Waals surface area contributed by atoms with Crippen molar-refractivity contribution in [2.45, 2.75) is 12.8 Å². The van der Waals surface area contributed by atoms with Gasteiger partial charge in [-0.25, -0.2) is 4.79 Å². The predicted molar refractivity (Wildman–Crippen MR) is 98.1 cm³/mol. The minimum atomic E-state index is 0.0199. The summed E-state index contributed by atoms with van der Waals surface area (Å²) < 4.78 is 4.97. The summed E-state index contributed by atoms with van der Waals surface area (Å²) in [6, 6.07) is 5.65. The summed E-state index contributed by atoms with van der Waals surface area (Å²) in [5, 5.41) is 4.31. The SMILES string of the molecule is COCCCNC(=O)N1CCN(CCc2ccc(Cl)cc2Cl)CC1. The van der Waals surface area contributed by atoms with Crippen molar-refractivity contribution in [1.29, 1.82) is 0 Å². The number of hydrogen-bond donors (Lipinski definition) is 1. The molecule has 1 N–H and O–H groups in total. The Kier molecular flexibility index (Phi) is 8.12. The first-order valence-electron chi connectivity index (χ1n) is 8.28. The van der Waals surface area contributed by atoms with E-state index in [1.54, 1.807) is 13.2 Å². The Morgan fingerprint density at radius 3 is 2.67 bits per heavy atom. The van der Waals surface area contributed by atoms with Crippen LogP contribution in [0.4, 0.5) is 4.79 Å². The highest BCUT2D eigenvalue weighted by Crippen LogP contribution is 2.21. The number of nitrogens with one attached hydrogen (secondary N) is 1. The maximum absolute atomic E-state index is 12.0. The Balaban J connectivity index is 1.68. The molecule has 0 atom stereocenters. The third-order valence-corrected chi connectivity index (χ3v) is 4.76. The number of piperazine rings is 1. The number of rotatable bonds is 7. The third kappa shape index (κ3) is 6.13. The van der Waals surface area contributed by atoms with Gasteiger partial charge >= 0.3 is 6.03 Å². The first-order valence-corrected chi connectivity index (χ1v) is 9.03. The van der Waals surface area contributed by atoms with Gasteiger partial charge in [0.2, 0.25) is 0 Å². The number of methoxy groups -OCH3 is 1. The maximum atomic E-state index is 12.0. The Morgan fingerprint density at radius 1 is 1.25 bits per heavy atom. The van der Waals surface area contributed by atoms with Crippen LogP contribution in [-0.4, -0.2) is 68.8 Å². The quantitative estimate of drug-likeness (QED) is 0.747. The molecule has 1 aromatic rings. The largest absolute Gasteiger partial charge is 0.385 e. The minimum Gasteiger partial charge on any atom is -0.385 e. The van der Waals surface area contributed by atoms with Crippen molar-refractivity contribution in [2.24, 2.45) is 0 Å². The second-order valence-corrected chi connectivity index (χ2v) is 6.74. The van der Waals surface area contributed by atoms with Gasteiger partial charge in [-0.3, -0.25) is 4.90 Å². The van der Waals surface area contributed by atoms with Crippen LogP contribution >= 0.6 is 23.2 Å². The summed E-state index contributed by atoms with van der Waals surface area (Å²) in [6.45, 7) is 5.54. The van der Waals surface area contributed by atoms with Crippen LogP contribution in [0.15, 0.2) is 18.2 Å². The first kappa shape index (κ1) is 19.3. The van der Waals surface area contributed by atoms with Crippen LogP contribution in [0, 0.1) is 0 Å². The Morgan fingerprint density at radius 2 is 2.00 bits per heavy atom.